The van der Waals surface area contributed by atoms with Crippen molar-refractivity contribution in [2.45, 2.75) is 13.3 Å². The first-order valence-corrected chi connectivity index (χ1v) is 7.19. The lowest BCUT2D eigenvalue weighted by molar-refractivity contribution is 0.0953. The number of nitrogens with one attached hydrogen (secondary N) is 2. The summed E-state index contributed by atoms with van der Waals surface area (Å²) in [6, 6.07) is 12.6. The van der Waals surface area contributed by atoms with Crippen molar-refractivity contribution in [3.8, 4) is 0 Å². The van der Waals surface area contributed by atoms with Crippen molar-refractivity contribution < 1.29 is 4.79 Å². The smallest absolute Gasteiger partial charge is 0.251 e. The van der Waals surface area contributed by atoms with E-state index in [-0.39, 0.29) is 5.91 Å². The van der Waals surface area contributed by atoms with Crippen molar-refractivity contribution >= 4 is 34.6 Å². The summed E-state index contributed by atoms with van der Waals surface area (Å²) in [5, 5.41) is 6.59. The summed E-state index contributed by atoms with van der Waals surface area (Å²) in [4.78, 5) is 11.9. The highest BCUT2D eigenvalue weighted by atomic mass is 35.5. The molecule has 2 aromatic rings. The molecule has 0 fully saturated rings. The number of amides is 1. The van der Waals surface area contributed by atoms with Crippen LogP contribution in [-0.2, 0) is 0 Å². The van der Waals surface area contributed by atoms with Crippen molar-refractivity contribution in [1.82, 2.24) is 5.32 Å². The van der Waals surface area contributed by atoms with E-state index in [1.165, 1.54) is 0 Å². The summed E-state index contributed by atoms with van der Waals surface area (Å²) in [5.41, 5.74) is 8.54. The molecule has 2 aromatic carbocycles. The molecule has 4 nitrogen and oxygen atoms in total. The molecule has 0 heterocycles. The Labute approximate surface area is 129 Å². The highest BCUT2D eigenvalue weighted by molar-refractivity contribution is 6.33. The number of hydrogen-bond acceptors (Lipinski definition) is 3. The third kappa shape index (κ3) is 3.89. The number of nitrogen functional groups attached to an aromatic ring is 1. The summed E-state index contributed by atoms with van der Waals surface area (Å²) >= 11 is 6.10. The summed E-state index contributed by atoms with van der Waals surface area (Å²) in [6.07, 6.45) is 0.896. The van der Waals surface area contributed by atoms with Crippen LogP contribution in [0.5, 0.6) is 0 Å². The lowest BCUT2D eigenvalue weighted by Crippen LogP contribution is -2.24. The van der Waals surface area contributed by atoms with Crippen LogP contribution in [0, 0.1) is 0 Å². The molecule has 0 bridgehead atoms. The zero-order valence-electron chi connectivity index (χ0n) is 11.8. The fourth-order valence-corrected chi connectivity index (χ4v) is 2.05. The van der Waals surface area contributed by atoms with Gasteiger partial charge in [-0.25, -0.2) is 0 Å². The largest absolute Gasteiger partial charge is 0.397 e. The maximum absolute atomic E-state index is 11.9. The number of anilines is 3. The van der Waals surface area contributed by atoms with E-state index in [1.54, 1.807) is 24.3 Å². The molecule has 4 N–H and O–H groups in total. The fraction of sp³-hybridized carbons (Fsp3) is 0.188. The molecule has 1 amide bonds. The fourth-order valence-electron chi connectivity index (χ4n) is 1.87. The predicted molar refractivity (Wildman–Crippen MR) is 88.2 cm³/mol. The van der Waals surface area contributed by atoms with Crippen LogP contribution in [0.3, 0.4) is 0 Å². The van der Waals surface area contributed by atoms with Gasteiger partial charge < -0.3 is 16.4 Å². The van der Waals surface area contributed by atoms with Gasteiger partial charge in [-0.05, 0) is 36.8 Å². The maximum Gasteiger partial charge on any atom is 0.251 e. The van der Waals surface area contributed by atoms with Gasteiger partial charge >= 0.3 is 0 Å². The Morgan fingerprint density at radius 1 is 1.19 bits per heavy atom. The number of benzene rings is 2. The van der Waals surface area contributed by atoms with Crippen LogP contribution in [0.2, 0.25) is 5.02 Å². The van der Waals surface area contributed by atoms with Crippen LogP contribution in [0.15, 0.2) is 42.5 Å². The number of halogens is 1. The topological polar surface area (TPSA) is 67.2 Å². The van der Waals surface area contributed by atoms with Gasteiger partial charge in [0.2, 0.25) is 0 Å². The highest BCUT2D eigenvalue weighted by Gasteiger charge is 2.08. The standard InChI is InChI=1S/C16H18ClN3O/c1-2-9-19-16(21)11-7-8-15(13(18)10-11)20-14-6-4-3-5-12(14)17/h3-8,10,20H,2,9,18H2,1H3,(H,19,21). The second-order valence-electron chi connectivity index (χ2n) is 4.66. The van der Waals surface area contributed by atoms with Crippen LogP contribution in [0.25, 0.3) is 0 Å². The van der Waals surface area contributed by atoms with E-state index in [0.29, 0.717) is 22.8 Å². The first-order valence-electron chi connectivity index (χ1n) is 6.81. The van der Waals surface area contributed by atoms with Crippen LogP contribution < -0.4 is 16.4 Å². The first kappa shape index (κ1) is 15.2. The van der Waals surface area contributed by atoms with E-state index < -0.39 is 0 Å². The first-order chi connectivity index (χ1) is 10.1. The SMILES string of the molecule is CCCNC(=O)c1ccc(Nc2ccccc2Cl)c(N)c1. The minimum Gasteiger partial charge on any atom is -0.397 e. The molecule has 0 spiro atoms. The number of nitrogens with two attached hydrogens (primary N) is 1. The Morgan fingerprint density at radius 3 is 2.62 bits per heavy atom. The summed E-state index contributed by atoms with van der Waals surface area (Å²) in [5.74, 6) is -0.118. The quantitative estimate of drug-likeness (QED) is 0.736. The molecule has 0 aromatic heterocycles. The van der Waals surface area contributed by atoms with E-state index in [4.69, 9.17) is 17.3 Å². The van der Waals surface area contributed by atoms with Gasteiger partial charge in [0.1, 0.15) is 0 Å². The molecule has 0 aliphatic rings. The molecule has 0 aliphatic heterocycles. The molecule has 21 heavy (non-hydrogen) atoms. The number of para-hydroxylation sites is 1. The molecule has 110 valence electrons. The molecule has 0 atom stereocenters. The third-order valence-electron chi connectivity index (χ3n) is 2.99. The van der Waals surface area contributed by atoms with Crippen LogP contribution in [0.4, 0.5) is 17.1 Å². The van der Waals surface area contributed by atoms with E-state index in [0.717, 1.165) is 17.8 Å². The van der Waals surface area contributed by atoms with Gasteiger partial charge in [0.25, 0.3) is 5.91 Å². The molecule has 2 rings (SSSR count). The van der Waals surface area contributed by atoms with E-state index in [9.17, 15) is 4.79 Å². The zero-order valence-corrected chi connectivity index (χ0v) is 12.6. The number of rotatable bonds is 5. The van der Waals surface area contributed by atoms with Crippen LogP contribution in [-0.4, -0.2) is 12.5 Å². The summed E-state index contributed by atoms with van der Waals surface area (Å²) < 4.78 is 0. The summed E-state index contributed by atoms with van der Waals surface area (Å²) in [6.45, 7) is 2.66. The van der Waals surface area contributed by atoms with E-state index in [1.807, 2.05) is 25.1 Å². The lowest BCUT2D eigenvalue weighted by Gasteiger charge is -2.12. The Kier molecular flexibility index (Phi) is 5.06. The van der Waals surface area contributed by atoms with Crippen molar-refractivity contribution in [1.29, 1.82) is 0 Å². The van der Waals surface area contributed by atoms with Gasteiger partial charge in [-0.3, -0.25) is 4.79 Å². The van der Waals surface area contributed by atoms with Gasteiger partial charge in [-0.15, -0.1) is 0 Å². The number of carbonyl (C=O) groups excluding carboxylic acids is 1. The van der Waals surface area contributed by atoms with Crippen molar-refractivity contribution in [2.75, 3.05) is 17.6 Å². The lowest BCUT2D eigenvalue weighted by atomic mass is 10.1. The second kappa shape index (κ2) is 6.99. The van der Waals surface area contributed by atoms with Gasteiger partial charge in [0.15, 0.2) is 0 Å². The predicted octanol–water partition coefficient (Wildman–Crippen LogP) is 3.81. The Balaban J connectivity index is 2.16. The third-order valence-corrected chi connectivity index (χ3v) is 3.32. The molecule has 0 radical (unpaired) electrons. The molecule has 0 aliphatic carbocycles. The summed E-state index contributed by atoms with van der Waals surface area (Å²) in [7, 11) is 0. The number of hydrogen-bond donors (Lipinski definition) is 3. The minimum absolute atomic E-state index is 0.118. The van der Waals surface area contributed by atoms with Crippen molar-refractivity contribution in [2.24, 2.45) is 0 Å². The van der Waals surface area contributed by atoms with Gasteiger partial charge in [-0.1, -0.05) is 30.7 Å². The van der Waals surface area contributed by atoms with Crippen molar-refractivity contribution in [3.05, 3.63) is 53.1 Å². The van der Waals surface area contributed by atoms with Crippen molar-refractivity contribution in [3.63, 3.8) is 0 Å². The number of carbonyl (C=O) groups is 1. The Hall–Kier alpha value is -2.20. The average Bonchev–Trinajstić information content (AvgIpc) is 2.49. The van der Waals surface area contributed by atoms with Gasteiger partial charge in [0.05, 0.1) is 22.1 Å². The van der Waals surface area contributed by atoms with E-state index in [2.05, 4.69) is 10.6 Å². The van der Waals surface area contributed by atoms with Gasteiger partial charge in [-0.2, -0.15) is 0 Å². The average molecular weight is 304 g/mol. The molecular weight excluding hydrogens is 286 g/mol. The zero-order chi connectivity index (χ0) is 15.2. The normalized spacial score (nSPS) is 10.2. The molecule has 0 unspecified atom stereocenters. The second-order valence-corrected chi connectivity index (χ2v) is 5.07. The molecule has 0 saturated heterocycles. The van der Waals surface area contributed by atoms with Crippen LogP contribution in [0.1, 0.15) is 23.7 Å². The highest BCUT2D eigenvalue weighted by Crippen LogP contribution is 2.28. The Bertz CT molecular complexity index is 643. The Morgan fingerprint density at radius 2 is 1.95 bits per heavy atom. The van der Waals surface area contributed by atoms with Crippen LogP contribution >= 0.6 is 11.6 Å². The van der Waals surface area contributed by atoms with Gasteiger partial charge in [0, 0.05) is 12.1 Å². The molecule has 0 saturated carbocycles. The maximum atomic E-state index is 11.9. The molecule has 5 heteroatoms. The van der Waals surface area contributed by atoms with E-state index >= 15 is 0 Å². The minimum atomic E-state index is -0.118. The molecular formula is C16H18ClN3O. The monoisotopic (exact) mass is 303 g/mol.